The van der Waals surface area contributed by atoms with Gasteiger partial charge in [0, 0.05) is 32.5 Å². The molecule has 0 aromatic carbocycles. The predicted molar refractivity (Wildman–Crippen MR) is 75.3 cm³/mol. The summed E-state index contributed by atoms with van der Waals surface area (Å²) in [6.07, 6.45) is 4.03. The number of amides is 2. The second kappa shape index (κ2) is 6.76. The SMILES string of the molecule is C[C@@H](O)C[C@@H]1COCCN1C(=O)NCc1ccn(C)c1. The summed E-state index contributed by atoms with van der Waals surface area (Å²) in [6.45, 7) is 3.85. The van der Waals surface area contributed by atoms with E-state index in [1.54, 1.807) is 11.8 Å². The van der Waals surface area contributed by atoms with Crippen molar-refractivity contribution in [3.63, 3.8) is 0 Å². The van der Waals surface area contributed by atoms with Gasteiger partial charge in [0.15, 0.2) is 0 Å². The van der Waals surface area contributed by atoms with Crippen molar-refractivity contribution < 1.29 is 14.6 Å². The van der Waals surface area contributed by atoms with Crippen LogP contribution in [0.1, 0.15) is 18.9 Å². The number of hydrogen-bond donors (Lipinski definition) is 2. The molecule has 2 atom stereocenters. The van der Waals surface area contributed by atoms with E-state index in [0.717, 1.165) is 5.56 Å². The van der Waals surface area contributed by atoms with Gasteiger partial charge in [-0.2, -0.15) is 0 Å². The number of rotatable bonds is 4. The van der Waals surface area contributed by atoms with Crippen LogP contribution in [0.15, 0.2) is 18.5 Å². The fourth-order valence-corrected chi connectivity index (χ4v) is 2.46. The second-order valence-electron chi connectivity index (χ2n) is 5.35. The summed E-state index contributed by atoms with van der Waals surface area (Å²) < 4.78 is 7.34. The van der Waals surface area contributed by atoms with Gasteiger partial charge in [0.1, 0.15) is 0 Å². The molecule has 1 aromatic rings. The Bertz CT molecular complexity index is 445. The molecule has 6 heteroatoms. The maximum Gasteiger partial charge on any atom is 0.318 e. The second-order valence-corrected chi connectivity index (χ2v) is 5.35. The fraction of sp³-hybridized carbons (Fsp3) is 0.643. The quantitative estimate of drug-likeness (QED) is 0.854. The molecule has 1 aromatic heterocycles. The third kappa shape index (κ3) is 3.98. The number of nitrogens with zero attached hydrogens (tertiary/aromatic N) is 2. The minimum atomic E-state index is -0.439. The predicted octanol–water partition coefficient (Wildman–Crippen LogP) is 0.706. The molecular formula is C14H23N3O3. The van der Waals surface area contributed by atoms with Crippen LogP contribution in [0.4, 0.5) is 4.79 Å². The van der Waals surface area contributed by atoms with E-state index in [-0.39, 0.29) is 12.1 Å². The molecule has 1 saturated heterocycles. The summed E-state index contributed by atoms with van der Waals surface area (Å²) in [5.74, 6) is 0. The number of morpholine rings is 1. The van der Waals surface area contributed by atoms with Crippen LogP contribution >= 0.6 is 0 Å². The Labute approximate surface area is 119 Å². The van der Waals surface area contributed by atoms with E-state index in [2.05, 4.69) is 5.32 Å². The first-order valence-corrected chi connectivity index (χ1v) is 6.97. The first kappa shape index (κ1) is 14.9. The van der Waals surface area contributed by atoms with Crippen molar-refractivity contribution in [2.45, 2.75) is 32.0 Å². The van der Waals surface area contributed by atoms with Crippen LogP contribution in [0.2, 0.25) is 0 Å². The zero-order valence-corrected chi connectivity index (χ0v) is 12.1. The highest BCUT2D eigenvalue weighted by molar-refractivity contribution is 5.74. The highest BCUT2D eigenvalue weighted by atomic mass is 16.5. The van der Waals surface area contributed by atoms with Gasteiger partial charge in [0.25, 0.3) is 0 Å². The van der Waals surface area contributed by atoms with E-state index in [1.165, 1.54) is 0 Å². The summed E-state index contributed by atoms with van der Waals surface area (Å²) in [6, 6.07) is 1.83. The van der Waals surface area contributed by atoms with Crippen LogP contribution in [0, 0.1) is 0 Å². The molecule has 1 aliphatic heterocycles. The number of nitrogens with one attached hydrogen (secondary N) is 1. The topological polar surface area (TPSA) is 66.7 Å². The summed E-state index contributed by atoms with van der Waals surface area (Å²) in [4.78, 5) is 14.0. The minimum Gasteiger partial charge on any atom is -0.393 e. The van der Waals surface area contributed by atoms with Crippen LogP contribution < -0.4 is 5.32 Å². The summed E-state index contributed by atoms with van der Waals surface area (Å²) >= 11 is 0. The van der Waals surface area contributed by atoms with Gasteiger partial charge in [0.2, 0.25) is 0 Å². The lowest BCUT2D eigenvalue weighted by atomic mass is 10.1. The van der Waals surface area contributed by atoms with Gasteiger partial charge in [-0.05, 0) is 25.0 Å². The first-order valence-electron chi connectivity index (χ1n) is 6.97. The van der Waals surface area contributed by atoms with E-state index < -0.39 is 6.10 Å². The van der Waals surface area contributed by atoms with E-state index in [1.807, 2.05) is 30.1 Å². The highest BCUT2D eigenvalue weighted by Crippen LogP contribution is 2.13. The number of urea groups is 1. The summed E-state index contributed by atoms with van der Waals surface area (Å²) in [5.41, 5.74) is 1.07. The number of ether oxygens (including phenoxy) is 1. The smallest absolute Gasteiger partial charge is 0.318 e. The Hall–Kier alpha value is -1.53. The van der Waals surface area contributed by atoms with E-state index >= 15 is 0 Å². The lowest BCUT2D eigenvalue weighted by Gasteiger charge is -2.36. The minimum absolute atomic E-state index is 0.0560. The Kier molecular flexibility index (Phi) is 5.03. The van der Waals surface area contributed by atoms with Gasteiger partial charge >= 0.3 is 6.03 Å². The highest BCUT2D eigenvalue weighted by Gasteiger charge is 2.28. The Balaban J connectivity index is 1.88. The van der Waals surface area contributed by atoms with Crippen molar-refractivity contribution in [2.24, 2.45) is 7.05 Å². The van der Waals surface area contributed by atoms with Gasteiger partial charge in [-0.25, -0.2) is 4.79 Å². The molecule has 2 heterocycles. The standard InChI is InChI=1S/C14H23N3O3/c1-11(18)7-13-10-20-6-5-17(13)14(19)15-8-12-3-4-16(2)9-12/h3-4,9,11,13,18H,5-8,10H2,1-2H3,(H,15,19)/t11-,13-/m1/s1. The molecule has 0 saturated carbocycles. The van der Waals surface area contributed by atoms with E-state index in [4.69, 9.17) is 4.74 Å². The molecule has 2 rings (SSSR count). The molecule has 6 nitrogen and oxygen atoms in total. The van der Waals surface area contributed by atoms with Gasteiger partial charge in [-0.15, -0.1) is 0 Å². The van der Waals surface area contributed by atoms with Gasteiger partial charge in [-0.3, -0.25) is 0 Å². The number of aryl methyl sites for hydroxylation is 1. The molecular weight excluding hydrogens is 258 g/mol. The molecule has 0 unspecified atom stereocenters. The zero-order valence-electron chi connectivity index (χ0n) is 12.1. The maximum absolute atomic E-state index is 12.2. The van der Waals surface area contributed by atoms with Crippen molar-refractivity contribution in [1.29, 1.82) is 0 Å². The van der Waals surface area contributed by atoms with Crippen LogP contribution in [0.5, 0.6) is 0 Å². The first-order chi connectivity index (χ1) is 9.56. The molecule has 0 spiro atoms. The van der Waals surface area contributed by atoms with Crippen LogP contribution in [0.25, 0.3) is 0 Å². The van der Waals surface area contributed by atoms with Crippen molar-refractivity contribution in [3.8, 4) is 0 Å². The molecule has 2 amide bonds. The summed E-state index contributed by atoms with van der Waals surface area (Å²) in [5, 5.41) is 12.4. The molecule has 2 N–H and O–H groups in total. The Morgan fingerprint density at radius 2 is 2.45 bits per heavy atom. The molecule has 0 bridgehead atoms. The molecule has 1 fully saturated rings. The zero-order chi connectivity index (χ0) is 14.5. The average molecular weight is 281 g/mol. The lowest BCUT2D eigenvalue weighted by Crippen LogP contribution is -2.53. The lowest BCUT2D eigenvalue weighted by molar-refractivity contribution is -0.00437. The molecule has 0 aliphatic carbocycles. The van der Waals surface area contributed by atoms with Crippen LogP contribution in [-0.2, 0) is 18.3 Å². The third-order valence-electron chi connectivity index (χ3n) is 3.44. The molecule has 0 radical (unpaired) electrons. The monoisotopic (exact) mass is 281 g/mol. The molecule has 112 valence electrons. The van der Waals surface area contributed by atoms with Crippen LogP contribution in [-0.4, -0.2) is 52.5 Å². The number of aromatic nitrogens is 1. The van der Waals surface area contributed by atoms with Gasteiger partial charge in [-0.1, -0.05) is 0 Å². The Morgan fingerprint density at radius 1 is 1.65 bits per heavy atom. The number of carbonyl (C=O) groups excluding carboxylic acids is 1. The number of hydrogen-bond acceptors (Lipinski definition) is 3. The van der Waals surface area contributed by atoms with Crippen LogP contribution in [0.3, 0.4) is 0 Å². The van der Waals surface area contributed by atoms with E-state index in [0.29, 0.717) is 32.7 Å². The van der Waals surface area contributed by atoms with Crippen molar-refractivity contribution in [3.05, 3.63) is 24.0 Å². The van der Waals surface area contributed by atoms with E-state index in [9.17, 15) is 9.90 Å². The maximum atomic E-state index is 12.2. The number of aliphatic hydroxyl groups excluding tert-OH is 1. The normalized spacial score (nSPS) is 20.8. The number of carbonyl (C=O) groups is 1. The van der Waals surface area contributed by atoms with Gasteiger partial charge in [0.05, 0.1) is 25.4 Å². The molecule has 1 aliphatic rings. The van der Waals surface area contributed by atoms with Crippen molar-refractivity contribution >= 4 is 6.03 Å². The molecule has 20 heavy (non-hydrogen) atoms. The largest absolute Gasteiger partial charge is 0.393 e. The Morgan fingerprint density at radius 3 is 3.10 bits per heavy atom. The third-order valence-corrected chi connectivity index (χ3v) is 3.44. The summed E-state index contributed by atoms with van der Waals surface area (Å²) in [7, 11) is 1.95. The van der Waals surface area contributed by atoms with Crippen molar-refractivity contribution in [2.75, 3.05) is 19.8 Å². The number of aliphatic hydroxyl groups is 1. The van der Waals surface area contributed by atoms with Crippen molar-refractivity contribution in [1.82, 2.24) is 14.8 Å². The van der Waals surface area contributed by atoms with Gasteiger partial charge < -0.3 is 24.6 Å². The fourth-order valence-electron chi connectivity index (χ4n) is 2.46. The average Bonchev–Trinajstić information content (AvgIpc) is 2.82.